The van der Waals surface area contributed by atoms with Gasteiger partial charge in [-0.1, -0.05) is 6.07 Å². The molecule has 4 rings (SSSR count). The Morgan fingerprint density at radius 3 is 2.71 bits per heavy atom. The zero-order valence-corrected chi connectivity index (χ0v) is 16.0. The summed E-state index contributed by atoms with van der Waals surface area (Å²) >= 11 is 0. The lowest BCUT2D eigenvalue weighted by Gasteiger charge is -2.27. The number of likely N-dealkylation sites (tertiary alicyclic amines) is 1. The Morgan fingerprint density at radius 2 is 1.93 bits per heavy atom. The van der Waals surface area contributed by atoms with Crippen molar-refractivity contribution in [3.63, 3.8) is 0 Å². The third kappa shape index (κ3) is 4.08. The average Bonchev–Trinajstić information content (AvgIpc) is 2.73. The second-order valence-electron chi connectivity index (χ2n) is 7.57. The number of Topliss-reactive ketones (excluding diaryl/α,β-unsaturated/α-hetero) is 1. The van der Waals surface area contributed by atoms with Crippen molar-refractivity contribution >= 4 is 16.7 Å². The number of carbonyl (C=O) groups excluding carboxylic acids is 1. The van der Waals surface area contributed by atoms with Gasteiger partial charge in [-0.15, -0.1) is 0 Å². The van der Waals surface area contributed by atoms with Crippen LogP contribution in [0.2, 0.25) is 0 Å². The minimum atomic E-state index is -0.0386. The number of ketones is 1. The van der Waals surface area contributed by atoms with Gasteiger partial charge >= 0.3 is 0 Å². The smallest absolute Gasteiger partial charge is 0.142 e. The number of carbonyl (C=O) groups is 1. The Bertz CT molecular complexity index is 997. The summed E-state index contributed by atoms with van der Waals surface area (Å²) < 4.78 is 0. The van der Waals surface area contributed by atoms with Crippen LogP contribution < -0.4 is 0 Å². The van der Waals surface area contributed by atoms with Crippen LogP contribution in [0.15, 0.2) is 42.7 Å². The van der Waals surface area contributed by atoms with E-state index in [1.165, 1.54) is 0 Å². The minimum Gasteiger partial charge on any atom is -0.392 e. The zero-order valence-electron chi connectivity index (χ0n) is 16.0. The van der Waals surface area contributed by atoms with Gasteiger partial charge in [0, 0.05) is 29.3 Å². The Morgan fingerprint density at radius 1 is 1.11 bits per heavy atom. The van der Waals surface area contributed by atoms with Gasteiger partial charge in [0.05, 0.1) is 24.2 Å². The molecule has 28 heavy (non-hydrogen) atoms. The van der Waals surface area contributed by atoms with Gasteiger partial charge in [0.15, 0.2) is 0 Å². The van der Waals surface area contributed by atoms with E-state index in [9.17, 15) is 9.90 Å². The molecule has 1 aliphatic heterocycles. The van der Waals surface area contributed by atoms with E-state index in [0.717, 1.165) is 59.2 Å². The zero-order chi connectivity index (χ0) is 19.5. The van der Waals surface area contributed by atoms with Gasteiger partial charge in [0.1, 0.15) is 5.78 Å². The molecule has 144 valence electrons. The first kappa shape index (κ1) is 18.7. The van der Waals surface area contributed by atoms with Crippen LogP contribution in [0.25, 0.3) is 22.0 Å². The summed E-state index contributed by atoms with van der Waals surface area (Å²) in [4.78, 5) is 19.1. The standard InChI is InChI=1S/C22H24N4O2/c1-26-6-4-16(5-7-26)22(28)11-20-10-18-9-17(2-3-21(18)25-24-20)19-8-15(14-27)12-23-13-19/h2-3,8-10,12-13,16,27H,4-7,11,14H2,1H3. The first-order valence-corrected chi connectivity index (χ1v) is 9.65. The first-order chi connectivity index (χ1) is 13.6. The van der Waals surface area contributed by atoms with Crippen molar-refractivity contribution in [1.82, 2.24) is 20.1 Å². The molecule has 1 aliphatic rings. The van der Waals surface area contributed by atoms with Crippen molar-refractivity contribution in [2.75, 3.05) is 20.1 Å². The molecule has 0 unspecified atom stereocenters. The number of benzene rings is 1. The van der Waals surface area contributed by atoms with Gasteiger partial charge in [0.2, 0.25) is 0 Å². The van der Waals surface area contributed by atoms with Crippen molar-refractivity contribution < 1.29 is 9.90 Å². The molecule has 0 bridgehead atoms. The van der Waals surface area contributed by atoms with Gasteiger partial charge in [0.25, 0.3) is 0 Å². The van der Waals surface area contributed by atoms with E-state index in [4.69, 9.17) is 0 Å². The first-order valence-electron chi connectivity index (χ1n) is 9.65. The van der Waals surface area contributed by atoms with Crippen LogP contribution in [0.4, 0.5) is 0 Å². The van der Waals surface area contributed by atoms with Crippen molar-refractivity contribution in [3.8, 4) is 11.1 Å². The van der Waals surface area contributed by atoms with Gasteiger partial charge < -0.3 is 10.0 Å². The number of hydrogen-bond donors (Lipinski definition) is 1. The number of aromatic nitrogens is 3. The highest BCUT2D eigenvalue weighted by atomic mass is 16.3. The van der Waals surface area contributed by atoms with Crippen LogP contribution in [-0.4, -0.2) is 51.1 Å². The molecule has 0 atom stereocenters. The van der Waals surface area contributed by atoms with E-state index in [1.807, 2.05) is 30.3 Å². The number of aliphatic hydroxyl groups is 1. The van der Waals surface area contributed by atoms with Crippen LogP contribution in [-0.2, 0) is 17.8 Å². The van der Waals surface area contributed by atoms with Gasteiger partial charge in [-0.2, -0.15) is 10.2 Å². The monoisotopic (exact) mass is 376 g/mol. The fourth-order valence-corrected chi connectivity index (χ4v) is 3.74. The van der Waals surface area contributed by atoms with E-state index in [1.54, 1.807) is 12.4 Å². The molecule has 2 aromatic heterocycles. The predicted molar refractivity (Wildman–Crippen MR) is 108 cm³/mol. The summed E-state index contributed by atoms with van der Waals surface area (Å²) in [7, 11) is 2.10. The van der Waals surface area contributed by atoms with Crippen LogP contribution in [0.3, 0.4) is 0 Å². The minimum absolute atomic E-state index is 0.0386. The number of fused-ring (bicyclic) bond motifs is 1. The summed E-state index contributed by atoms with van der Waals surface area (Å²) in [6.45, 7) is 1.91. The number of rotatable bonds is 5. The molecule has 3 heterocycles. The van der Waals surface area contributed by atoms with Crippen LogP contribution in [0.1, 0.15) is 24.1 Å². The maximum Gasteiger partial charge on any atom is 0.142 e. The van der Waals surface area contributed by atoms with Crippen molar-refractivity contribution in [1.29, 1.82) is 0 Å². The molecule has 0 radical (unpaired) electrons. The third-order valence-corrected chi connectivity index (χ3v) is 5.48. The van der Waals surface area contributed by atoms with E-state index in [2.05, 4.69) is 27.1 Å². The second kappa shape index (κ2) is 8.12. The fourth-order valence-electron chi connectivity index (χ4n) is 3.74. The Labute approximate surface area is 164 Å². The highest BCUT2D eigenvalue weighted by molar-refractivity contribution is 5.86. The van der Waals surface area contributed by atoms with Crippen LogP contribution >= 0.6 is 0 Å². The molecule has 3 aromatic rings. The molecule has 0 saturated carbocycles. The van der Waals surface area contributed by atoms with Gasteiger partial charge in [-0.05, 0) is 68.4 Å². The lowest BCUT2D eigenvalue weighted by Crippen LogP contribution is -2.34. The van der Waals surface area contributed by atoms with E-state index < -0.39 is 0 Å². The topological polar surface area (TPSA) is 79.2 Å². The molecular formula is C22H24N4O2. The summed E-state index contributed by atoms with van der Waals surface area (Å²) in [5.41, 5.74) is 4.22. The third-order valence-electron chi connectivity index (χ3n) is 5.48. The normalized spacial score (nSPS) is 15.8. The summed E-state index contributed by atoms with van der Waals surface area (Å²) in [6, 6.07) is 9.81. The highest BCUT2D eigenvalue weighted by Crippen LogP contribution is 2.25. The predicted octanol–water partition coefficient (Wildman–Crippen LogP) is 2.64. The lowest BCUT2D eigenvalue weighted by molar-refractivity contribution is -0.123. The number of piperidine rings is 1. The molecule has 6 heteroatoms. The number of pyridine rings is 1. The number of aliphatic hydroxyl groups excluding tert-OH is 1. The van der Waals surface area contributed by atoms with Gasteiger partial charge in [-0.25, -0.2) is 0 Å². The van der Waals surface area contributed by atoms with Crippen molar-refractivity contribution in [2.45, 2.75) is 25.9 Å². The Kier molecular flexibility index (Phi) is 5.41. The van der Waals surface area contributed by atoms with Crippen molar-refractivity contribution in [3.05, 3.63) is 54.0 Å². The SMILES string of the molecule is CN1CCC(C(=O)Cc2cc3cc(-c4cncc(CO)c4)ccc3nn2)CC1. The molecule has 0 spiro atoms. The van der Waals surface area contributed by atoms with Crippen molar-refractivity contribution in [2.24, 2.45) is 5.92 Å². The average molecular weight is 376 g/mol. The lowest BCUT2D eigenvalue weighted by atomic mass is 9.90. The molecular weight excluding hydrogens is 352 g/mol. The quantitative estimate of drug-likeness (QED) is 0.737. The summed E-state index contributed by atoms with van der Waals surface area (Å²) in [5, 5.41) is 18.8. The van der Waals surface area contributed by atoms with Crippen LogP contribution in [0, 0.1) is 5.92 Å². The molecule has 1 saturated heterocycles. The molecule has 6 nitrogen and oxygen atoms in total. The van der Waals surface area contributed by atoms with E-state index in [-0.39, 0.29) is 18.3 Å². The van der Waals surface area contributed by atoms with E-state index >= 15 is 0 Å². The molecule has 1 fully saturated rings. The maximum atomic E-state index is 12.7. The van der Waals surface area contributed by atoms with Gasteiger partial charge in [-0.3, -0.25) is 9.78 Å². The molecule has 0 amide bonds. The van der Waals surface area contributed by atoms with E-state index in [0.29, 0.717) is 6.42 Å². The van der Waals surface area contributed by atoms with Crippen LogP contribution in [0.5, 0.6) is 0 Å². The molecule has 1 N–H and O–H groups in total. The number of hydrogen-bond acceptors (Lipinski definition) is 6. The Hall–Kier alpha value is -2.70. The Balaban J connectivity index is 1.56. The highest BCUT2D eigenvalue weighted by Gasteiger charge is 2.23. The summed E-state index contributed by atoms with van der Waals surface area (Å²) in [6.07, 6.45) is 5.62. The molecule has 0 aliphatic carbocycles. The number of nitrogens with zero attached hydrogens (tertiary/aromatic N) is 4. The maximum absolute atomic E-state index is 12.7. The summed E-state index contributed by atoms with van der Waals surface area (Å²) in [5.74, 6) is 0.394. The largest absolute Gasteiger partial charge is 0.392 e. The fraction of sp³-hybridized carbons (Fsp3) is 0.364. The second-order valence-corrected chi connectivity index (χ2v) is 7.57. The molecule has 1 aromatic carbocycles.